The van der Waals surface area contributed by atoms with Gasteiger partial charge in [0.15, 0.2) is 0 Å². The van der Waals surface area contributed by atoms with E-state index in [4.69, 9.17) is 0 Å². The molecule has 2 atom stereocenters. The third kappa shape index (κ3) is 1.19. The van der Waals surface area contributed by atoms with Crippen LogP contribution < -0.4 is 5.32 Å². The van der Waals surface area contributed by atoms with Crippen LogP contribution in [0.5, 0.6) is 0 Å². The SMILES string of the molecule is CCC(C)NC1CCC12CCC2. The van der Waals surface area contributed by atoms with Gasteiger partial charge >= 0.3 is 0 Å². The number of nitrogens with one attached hydrogen (secondary N) is 1. The van der Waals surface area contributed by atoms with Crippen molar-refractivity contribution >= 4 is 0 Å². The fourth-order valence-corrected chi connectivity index (χ4v) is 2.65. The van der Waals surface area contributed by atoms with E-state index < -0.39 is 0 Å². The molecule has 0 aromatic rings. The highest BCUT2D eigenvalue weighted by molar-refractivity contribution is 5.05. The third-order valence-corrected chi connectivity index (χ3v) is 4.12. The summed E-state index contributed by atoms with van der Waals surface area (Å²) >= 11 is 0. The molecule has 0 aliphatic heterocycles. The van der Waals surface area contributed by atoms with Gasteiger partial charge in [-0.25, -0.2) is 0 Å². The Morgan fingerprint density at radius 2 is 2.17 bits per heavy atom. The van der Waals surface area contributed by atoms with E-state index in [2.05, 4.69) is 19.2 Å². The third-order valence-electron chi connectivity index (χ3n) is 4.12. The molecule has 12 heavy (non-hydrogen) atoms. The van der Waals surface area contributed by atoms with Crippen molar-refractivity contribution < 1.29 is 0 Å². The average molecular weight is 167 g/mol. The molecule has 1 heteroatoms. The normalized spacial score (nSPS) is 34.0. The maximum atomic E-state index is 3.76. The second kappa shape index (κ2) is 3.02. The largest absolute Gasteiger partial charge is 0.311 e. The smallest absolute Gasteiger partial charge is 0.0126 e. The van der Waals surface area contributed by atoms with Crippen molar-refractivity contribution in [2.45, 2.75) is 64.5 Å². The average Bonchev–Trinajstić information content (AvgIpc) is 1.94. The predicted octanol–water partition coefficient (Wildman–Crippen LogP) is 2.71. The van der Waals surface area contributed by atoms with Gasteiger partial charge in [0.25, 0.3) is 0 Å². The van der Waals surface area contributed by atoms with E-state index in [1.54, 1.807) is 0 Å². The van der Waals surface area contributed by atoms with Crippen molar-refractivity contribution in [2.24, 2.45) is 5.41 Å². The molecular weight excluding hydrogens is 146 g/mol. The summed E-state index contributed by atoms with van der Waals surface area (Å²) in [6, 6.07) is 1.61. The fraction of sp³-hybridized carbons (Fsp3) is 1.00. The summed E-state index contributed by atoms with van der Waals surface area (Å²) in [5.41, 5.74) is 0.781. The standard InChI is InChI=1S/C11H21N/c1-3-9(2)12-10-5-8-11(10)6-4-7-11/h9-10,12H,3-8H2,1-2H3. The van der Waals surface area contributed by atoms with Gasteiger partial charge in [0.1, 0.15) is 0 Å². The fourth-order valence-electron chi connectivity index (χ4n) is 2.65. The molecule has 0 bridgehead atoms. The van der Waals surface area contributed by atoms with Crippen molar-refractivity contribution in [3.8, 4) is 0 Å². The molecule has 2 aliphatic rings. The van der Waals surface area contributed by atoms with Crippen LogP contribution in [-0.4, -0.2) is 12.1 Å². The molecule has 2 fully saturated rings. The molecule has 0 aromatic carbocycles. The van der Waals surface area contributed by atoms with Crippen molar-refractivity contribution in [1.82, 2.24) is 5.32 Å². The van der Waals surface area contributed by atoms with Crippen LogP contribution in [0.15, 0.2) is 0 Å². The van der Waals surface area contributed by atoms with Crippen molar-refractivity contribution in [3.63, 3.8) is 0 Å². The van der Waals surface area contributed by atoms with Crippen LogP contribution >= 0.6 is 0 Å². The van der Waals surface area contributed by atoms with Crippen LogP contribution in [-0.2, 0) is 0 Å². The Morgan fingerprint density at radius 3 is 2.50 bits per heavy atom. The molecule has 70 valence electrons. The molecule has 0 amide bonds. The lowest BCUT2D eigenvalue weighted by molar-refractivity contribution is -0.0219. The van der Waals surface area contributed by atoms with Gasteiger partial charge in [-0.15, -0.1) is 0 Å². The summed E-state index contributed by atoms with van der Waals surface area (Å²) in [4.78, 5) is 0. The van der Waals surface area contributed by atoms with E-state index in [1.807, 2.05) is 0 Å². The van der Waals surface area contributed by atoms with Crippen LogP contribution in [0, 0.1) is 5.41 Å². The first-order valence-electron chi connectivity index (χ1n) is 5.53. The van der Waals surface area contributed by atoms with E-state index in [0.717, 1.165) is 17.5 Å². The van der Waals surface area contributed by atoms with Crippen LogP contribution in [0.2, 0.25) is 0 Å². The van der Waals surface area contributed by atoms with Crippen molar-refractivity contribution in [2.75, 3.05) is 0 Å². The molecule has 0 saturated heterocycles. The summed E-state index contributed by atoms with van der Waals surface area (Å²) in [6.45, 7) is 4.58. The summed E-state index contributed by atoms with van der Waals surface area (Å²) < 4.78 is 0. The summed E-state index contributed by atoms with van der Waals surface area (Å²) in [7, 11) is 0. The van der Waals surface area contributed by atoms with E-state index in [-0.39, 0.29) is 0 Å². The van der Waals surface area contributed by atoms with Gasteiger partial charge in [-0.2, -0.15) is 0 Å². The Bertz CT molecular complexity index is 155. The lowest BCUT2D eigenvalue weighted by atomic mass is 9.53. The van der Waals surface area contributed by atoms with Crippen LogP contribution in [0.25, 0.3) is 0 Å². The molecule has 2 rings (SSSR count). The molecule has 0 radical (unpaired) electrons. The number of rotatable bonds is 3. The molecule has 0 aromatic heterocycles. The Morgan fingerprint density at radius 1 is 1.42 bits per heavy atom. The lowest BCUT2D eigenvalue weighted by Crippen LogP contribution is -2.58. The van der Waals surface area contributed by atoms with Crippen molar-refractivity contribution in [1.29, 1.82) is 0 Å². The van der Waals surface area contributed by atoms with Crippen LogP contribution in [0.4, 0.5) is 0 Å². The van der Waals surface area contributed by atoms with E-state index >= 15 is 0 Å². The van der Waals surface area contributed by atoms with Crippen LogP contribution in [0.3, 0.4) is 0 Å². The molecular formula is C11H21N. The number of hydrogen-bond donors (Lipinski definition) is 1. The molecule has 1 nitrogen and oxygen atoms in total. The first kappa shape index (κ1) is 8.55. The van der Waals surface area contributed by atoms with E-state index in [0.29, 0.717) is 0 Å². The highest BCUT2D eigenvalue weighted by atomic mass is 15.0. The van der Waals surface area contributed by atoms with Gasteiger partial charge in [-0.3, -0.25) is 0 Å². The van der Waals surface area contributed by atoms with Crippen molar-refractivity contribution in [3.05, 3.63) is 0 Å². The maximum absolute atomic E-state index is 3.76. The Balaban J connectivity index is 1.81. The van der Waals surface area contributed by atoms with Gasteiger partial charge in [0.2, 0.25) is 0 Å². The Labute approximate surface area is 75.9 Å². The zero-order valence-electron chi connectivity index (χ0n) is 8.40. The molecule has 2 unspecified atom stereocenters. The molecule has 1 N–H and O–H groups in total. The summed E-state index contributed by atoms with van der Waals surface area (Å²) in [6.07, 6.45) is 8.69. The highest BCUT2D eigenvalue weighted by Crippen LogP contribution is 2.55. The lowest BCUT2D eigenvalue weighted by Gasteiger charge is -2.57. The quantitative estimate of drug-likeness (QED) is 0.681. The van der Waals surface area contributed by atoms with E-state index in [9.17, 15) is 0 Å². The monoisotopic (exact) mass is 167 g/mol. The Kier molecular flexibility index (Phi) is 2.16. The molecule has 2 saturated carbocycles. The van der Waals surface area contributed by atoms with Crippen LogP contribution in [0.1, 0.15) is 52.4 Å². The second-order valence-electron chi connectivity index (χ2n) is 4.78. The zero-order valence-corrected chi connectivity index (χ0v) is 8.40. The second-order valence-corrected chi connectivity index (χ2v) is 4.78. The van der Waals surface area contributed by atoms with Gasteiger partial charge in [0.05, 0.1) is 0 Å². The van der Waals surface area contributed by atoms with Gasteiger partial charge in [0, 0.05) is 12.1 Å². The van der Waals surface area contributed by atoms with E-state index in [1.165, 1.54) is 38.5 Å². The van der Waals surface area contributed by atoms with Gasteiger partial charge < -0.3 is 5.32 Å². The summed E-state index contributed by atoms with van der Waals surface area (Å²) in [5, 5.41) is 3.76. The molecule has 2 aliphatic carbocycles. The van der Waals surface area contributed by atoms with Gasteiger partial charge in [-0.05, 0) is 44.4 Å². The summed E-state index contributed by atoms with van der Waals surface area (Å²) in [5.74, 6) is 0. The first-order chi connectivity index (χ1) is 5.77. The Hall–Kier alpha value is -0.0400. The highest BCUT2D eigenvalue weighted by Gasteiger charge is 2.50. The minimum atomic E-state index is 0.729. The first-order valence-corrected chi connectivity index (χ1v) is 5.53. The topological polar surface area (TPSA) is 12.0 Å². The molecule has 0 heterocycles. The minimum absolute atomic E-state index is 0.729. The predicted molar refractivity (Wildman–Crippen MR) is 52.2 cm³/mol. The van der Waals surface area contributed by atoms with Gasteiger partial charge in [-0.1, -0.05) is 13.3 Å². The minimum Gasteiger partial charge on any atom is -0.311 e. The zero-order chi connectivity index (χ0) is 8.60. The maximum Gasteiger partial charge on any atom is 0.0126 e. The number of hydrogen-bond acceptors (Lipinski definition) is 1. The molecule has 1 spiro atoms.